The number of aromatic nitrogens is 1. The Hall–Kier alpha value is -4.26. The molecule has 0 saturated heterocycles. The van der Waals surface area contributed by atoms with Gasteiger partial charge in [0.05, 0.1) is 14.2 Å². The Morgan fingerprint density at radius 2 is 1.34 bits per heavy atom. The quantitative estimate of drug-likeness (QED) is 0.420. The van der Waals surface area contributed by atoms with Crippen LogP contribution < -0.4 is 19.5 Å². The minimum Gasteiger partial charge on any atom is -0.497 e. The molecule has 0 aliphatic carbocycles. The standard InChI is InChI=1S/C25H22N2O5/c1-29-19-9-5-18(6-10-19)24-15-23(27-32-24)25(28)26-16-17-3-7-21(8-4-17)31-22-13-11-20(30-2)12-14-22/h3-15H,16H2,1-2H3,(H,26,28). The predicted molar refractivity (Wildman–Crippen MR) is 119 cm³/mol. The minimum absolute atomic E-state index is 0.218. The van der Waals surface area contributed by atoms with Crippen molar-refractivity contribution < 1.29 is 23.5 Å². The molecule has 3 aromatic carbocycles. The third-order valence-electron chi connectivity index (χ3n) is 4.79. The van der Waals surface area contributed by atoms with Crippen LogP contribution in [0.4, 0.5) is 0 Å². The van der Waals surface area contributed by atoms with Crippen LogP contribution in [0.25, 0.3) is 11.3 Å². The lowest BCUT2D eigenvalue weighted by atomic mass is 10.1. The molecule has 0 bridgehead atoms. The number of hydrogen-bond donors (Lipinski definition) is 1. The van der Waals surface area contributed by atoms with Gasteiger partial charge in [0.25, 0.3) is 5.91 Å². The van der Waals surface area contributed by atoms with E-state index >= 15 is 0 Å². The van der Waals surface area contributed by atoms with Crippen molar-refractivity contribution in [1.29, 1.82) is 0 Å². The second-order valence-electron chi connectivity index (χ2n) is 6.91. The van der Waals surface area contributed by atoms with E-state index in [4.69, 9.17) is 18.7 Å². The Bertz CT molecular complexity index is 1170. The summed E-state index contributed by atoms with van der Waals surface area (Å²) in [7, 11) is 3.23. The van der Waals surface area contributed by atoms with E-state index in [1.165, 1.54) is 0 Å². The van der Waals surface area contributed by atoms with Gasteiger partial charge in [-0.2, -0.15) is 0 Å². The van der Waals surface area contributed by atoms with Crippen molar-refractivity contribution >= 4 is 5.91 Å². The summed E-state index contributed by atoms with van der Waals surface area (Å²) in [5, 5.41) is 6.72. The maximum atomic E-state index is 12.4. The predicted octanol–water partition coefficient (Wildman–Crippen LogP) is 5.08. The van der Waals surface area contributed by atoms with Crippen LogP contribution in [0.2, 0.25) is 0 Å². The molecule has 0 atom stereocenters. The van der Waals surface area contributed by atoms with Gasteiger partial charge in [0.2, 0.25) is 0 Å². The van der Waals surface area contributed by atoms with E-state index in [0.29, 0.717) is 23.8 Å². The smallest absolute Gasteiger partial charge is 0.273 e. The Morgan fingerprint density at radius 1 is 0.812 bits per heavy atom. The first kappa shape index (κ1) is 21.0. The summed E-state index contributed by atoms with van der Waals surface area (Å²) in [6.07, 6.45) is 0. The molecule has 0 spiro atoms. The first-order valence-corrected chi connectivity index (χ1v) is 9.95. The van der Waals surface area contributed by atoms with E-state index in [1.54, 1.807) is 20.3 Å². The monoisotopic (exact) mass is 430 g/mol. The van der Waals surface area contributed by atoms with E-state index in [9.17, 15) is 4.79 Å². The third kappa shape index (κ3) is 5.07. The van der Waals surface area contributed by atoms with Crippen molar-refractivity contribution in [3.8, 4) is 34.3 Å². The highest BCUT2D eigenvalue weighted by Gasteiger charge is 2.13. The van der Waals surface area contributed by atoms with E-state index in [0.717, 1.165) is 22.6 Å². The number of carbonyl (C=O) groups excluding carboxylic acids is 1. The number of hydrogen-bond acceptors (Lipinski definition) is 6. The normalized spacial score (nSPS) is 10.4. The molecule has 0 aliphatic heterocycles. The molecule has 1 amide bonds. The average Bonchev–Trinajstić information content (AvgIpc) is 3.34. The molecule has 7 nitrogen and oxygen atoms in total. The molecule has 4 aromatic rings. The van der Waals surface area contributed by atoms with Gasteiger partial charge in [-0.05, 0) is 66.2 Å². The maximum absolute atomic E-state index is 12.4. The van der Waals surface area contributed by atoms with Crippen molar-refractivity contribution in [3.05, 3.63) is 90.1 Å². The molecule has 0 saturated carbocycles. The molecule has 4 rings (SSSR count). The van der Waals surface area contributed by atoms with E-state index in [1.807, 2.05) is 72.8 Å². The summed E-state index contributed by atoms with van der Waals surface area (Å²) in [4.78, 5) is 12.4. The molecular formula is C25H22N2O5. The van der Waals surface area contributed by atoms with Gasteiger partial charge in [0, 0.05) is 18.2 Å². The molecule has 0 fully saturated rings. The van der Waals surface area contributed by atoms with Gasteiger partial charge in [0.15, 0.2) is 11.5 Å². The zero-order chi connectivity index (χ0) is 22.3. The van der Waals surface area contributed by atoms with Gasteiger partial charge in [-0.25, -0.2) is 0 Å². The summed E-state index contributed by atoms with van der Waals surface area (Å²) in [5.74, 6) is 3.12. The summed E-state index contributed by atoms with van der Waals surface area (Å²) in [6, 6.07) is 23.8. The minimum atomic E-state index is -0.313. The zero-order valence-corrected chi connectivity index (χ0v) is 17.7. The van der Waals surface area contributed by atoms with Crippen molar-refractivity contribution in [1.82, 2.24) is 10.5 Å². The lowest BCUT2D eigenvalue weighted by Crippen LogP contribution is -2.22. The average molecular weight is 430 g/mol. The number of ether oxygens (including phenoxy) is 3. The van der Waals surface area contributed by atoms with Crippen LogP contribution in [-0.2, 0) is 6.54 Å². The van der Waals surface area contributed by atoms with Crippen molar-refractivity contribution in [2.45, 2.75) is 6.54 Å². The van der Waals surface area contributed by atoms with Gasteiger partial charge < -0.3 is 24.1 Å². The summed E-state index contributed by atoms with van der Waals surface area (Å²) >= 11 is 0. The van der Waals surface area contributed by atoms with Gasteiger partial charge in [0.1, 0.15) is 23.0 Å². The van der Waals surface area contributed by atoms with Crippen molar-refractivity contribution in [2.24, 2.45) is 0 Å². The highest BCUT2D eigenvalue weighted by molar-refractivity contribution is 5.93. The lowest BCUT2D eigenvalue weighted by molar-refractivity contribution is 0.0942. The fourth-order valence-electron chi connectivity index (χ4n) is 3.00. The topological polar surface area (TPSA) is 82.8 Å². The second-order valence-corrected chi connectivity index (χ2v) is 6.91. The largest absolute Gasteiger partial charge is 0.497 e. The molecule has 1 aromatic heterocycles. The van der Waals surface area contributed by atoms with Crippen molar-refractivity contribution in [3.63, 3.8) is 0 Å². The first-order valence-electron chi connectivity index (χ1n) is 9.95. The number of methoxy groups -OCH3 is 2. The fourth-order valence-corrected chi connectivity index (χ4v) is 3.00. The molecule has 32 heavy (non-hydrogen) atoms. The molecule has 1 heterocycles. The molecule has 7 heteroatoms. The van der Waals surface area contributed by atoms with Gasteiger partial charge in [-0.3, -0.25) is 4.79 Å². The highest BCUT2D eigenvalue weighted by atomic mass is 16.5. The van der Waals surface area contributed by atoms with Crippen LogP contribution in [0.5, 0.6) is 23.0 Å². The fraction of sp³-hybridized carbons (Fsp3) is 0.120. The number of rotatable bonds is 8. The van der Waals surface area contributed by atoms with Crippen LogP contribution >= 0.6 is 0 Å². The first-order chi connectivity index (χ1) is 15.6. The Balaban J connectivity index is 1.32. The van der Waals surface area contributed by atoms with Crippen molar-refractivity contribution in [2.75, 3.05) is 14.2 Å². The van der Waals surface area contributed by atoms with Crippen LogP contribution in [0.15, 0.2) is 83.4 Å². The summed E-state index contributed by atoms with van der Waals surface area (Å²) in [6.45, 7) is 0.354. The second kappa shape index (κ2) is 9.70. The Morgan fingerprint density at radius 3 is 1.94 bits per heavy atom. The van der Waals surface area contributed by atoms with E-state index < -0.39 is 0 Å². The molecule has 0 radical (unpaired) electrons. The SMILES string of the molecule is COc1ccc(Oc2ccc(CNC(=O)c3cc(-c4ccc(OC)cc4)on3)cc2)cc1. The molecule has 1 N–H and O–H groups in total. The van der Waals surface area contributed by atoms with E-state index in [-0.39, 0.29) is 11.6 Å². The summed E-state index contributed by atoms with van der Waals surface area (Å²) in [5.41, 5.74) is 1.96. The lowest BCUT2D eigenvalue weighted by Gasteiger charge is -2.08. The van der Waals surface area contributed by atoms with Gasteiger partial charge >= 0.3 is 0 Å². The molecule has 0 aliphatic rings. The Labute approximate surface area is 185 Å². The number of nitrogens with zero attached hydrogens (tertiary/aromatic N) is 1. The van der Waals surface area contributed by atoms with Gasteiger partial charge in [-0.15, -0.1) is 0 Å². The van der Waals surface area contributed by atoms with Crippen LogP contribution in [0, 0.1) is 0 Å². The number of benzene rings is 3. The molecule has 0 unspecified atom stereocenters. The maximum Gasteiger partial charge on any atom is 0.273 e. The number of carbonyl (C=O) groups is 1. The molecular weight excluding hydrogens is 408 g/mol. The van der Waals surface area contributed by atoms with Crippen LogP contribution in [0.3, 0.4) is 0 Å². The zero-order valence-electron chi connectivity index (χ0n) is 17.7. The third-order valence-corrected chi connectivity index (χ3v) is 4.79. The van der Waals surface area contributed by atoms with E-state index in [2.05, 4.69) is 10.5 Å². The highest BCUT2D eigenvalue weighted by Crippen LogP contribution is 2.25. The molecule has 162 valence electrons. The number of nitrogens with one attached hydrogen (secondary N) is 1. The summed E-state index contributed by atoms with van der Waals surface area (Å²) < 4.78 is 21.4. The van der Waals surface area contributed by atoms with Crippen LogP contribution in [-0.4, -0.2) is 25.3 Å². The Kier molecular flexibility index (Phi) is 6.36. The van der Waals surface area contributed by atoms with Gasteiger partial charge in [-0.1, -0.05) is 17.3 Å². The number of amides is 1. The van der Waals surface area contributed by atoms with Crippen LogP contribution in [0.1, 0.15) is 16.1 Å².